The Hall–Kier alpha value is -3.09. The van der Waals surface area contributed by atoms with Crippen LogP contribution in [0.15, 0.2) is 41.2 Å². The lowest BCUT2D eigenvalue weighted by Gasteiger charge is -2.16. The summed E-state index contributed by atoms with van der Waals surface area (Å²) in [4.78, 5) is 24.3. The second-order valence-electron chi connectivity index (χ2n) is 5.55. The van der Waals surface area contributed by atoms with Gasteiger partial charge in [-0.2, -0.15) is 0 Å². The first-order valence-corrected chi connectivity index (χ1v) is 7.30. The van der Waals surface area contributed by atoms with Gasteiger partial charge in [0.05, 0.1) is 17.5 Å². The lowest BCUT2D eigenvalue weighted by atomic mass is 10.0. The number of benzene rings is 2. The number of hydrogen-bond donors (Lipinski definition) is 1. The summed E-state index contributed by atoms with van der Waals surface area (Å²) in [6.45, 7) is 0.950. The van der Waals surface area contributed by atoms with Gasteiger partial charge >= 0.3 is 5.97 Å². The van der Waals surface area contributed by atoms with Crippen LogP contribution in [-0.4, -0.2) is 15.6 Å². The van der Waals surface area contributed by atoms with E-state index >= 15 is 0 Å². The molecule has 0 saturated heterocycles. The van der Waals surface area contributed by atoms with Crippen LogP contribution >= 0.6 is 0 Å². The summed E-state index contributed by atoms with van der Waals surface area (Å²) in [6.07, 6.45) is 0. The molecule has 0 aliphatic heterocycles. The van der Waals surface area contributed by atoms with Crippen LogP contribution in [-0.2, 0) is 6.54 Å². The molecular formula is C18H12F3NO3. The number of pyridine rings is 1. The molecular weight excluding hydrogens is 335 g/mol. The predicted octanol–water partition coefficient (Wildman–Crippen LogP) is 3.47. The van der Waals surface area contributed by atoms with Crippen LogP contribution in [0.3, 0.4) is 0 Å². The lowest BCUT2D eigenvalue weighted by molar-refractivity contribution is 0.0697. The minimum absolute atomic E-state index is 0.0271. The molecule has 0 aliphatic rings. The molecule has 3 aromatic rings. The highest BCUT2D eigenvalue weighted by molar-refractivity contribution is 6.04. The second kappa shape index (κ2) is 6.08. The third kappa shape index (κ3) is 2.77. The van der Waals surface area contributed by atoms with Crippen molar-refractivity contribution < 1.29 is 23.1 Å². The number of carbonyl (C=O) groups is 1. The monoisotopic (exact) mass is 347 g/mol. The minimum atomic E-state index is -1.35. The number of halogens is 3. The molecule has 0 fully saturated rings. The van der Waals surface area contributed by atoms with Gasteiger partial charge in [0.15, 0.2) is 0 Å². The van der Waals surface area contributed by atoms with Crippen LogP contribution in [0.25, 0.3) is 10.8 Å². The molecule has 0 bridgehead atoms. The van der Waals surface area contributed by atoms with E-state index in [0.717, 1.165) is 28.8 Å². The number of rotatable bonds is 3. The third-order valence-corrected chi connectivity index (χ3v) is 4.06. The SMILES string of the molecule is Cc1c(C(=O)O)c2cccc(F)c2c(=O)n1Cc1cc(F)ccc1F. The fourth-order valence-corrected chi connectivity index (χ4v) is 2.86. The van der Waals surface area contributed by atoms with E-state index in [1.54, 1.807) is 0 Å². The molecule has 7 heteroatoms. The first kappa shape index (κ1) is 16.8. The third-order valence-electron chi connectivity index (χ3n) is 4.06. The Bertz CT molecular complexity index is 1070. The Morgan fingerprint density at radius 2 is 1.84 bits per heavy atom. The summed E-state index contributed by atoms with van der Waals surface area (Å²) < 4.78 is 42.3. The number of carboxylic acid groups (broad SMARTS) is 1. The van der Waals surface area contributed by atoms with Gasteiger partial charge in [-0.25, -0.2) is 18.0 Å². The van der Waals surface area contributed by atoms with E-state index in [1.807, 2.05) is 0 Å². The van der Waals surface area contributed by atoms with Gasteiger partial charge in [0.2, 0.25) is 0 Å². The quantitative estimate of drug-likeness (QED) is 0.789. The largest absolute Gasteiger partial charge is 0.478 e. The zero-order valence-corrected chi connectivity index (χ0v) is 13.0. The molecule has 25 heavy (non-hydrogen) atoms. The molecule has 2 aromatic carbocycles. The van der Waals surface area contributed by atoms with Crippen LogP contribution in [0.4, 0.5) is 13.2 Å². The van der Waals surface area contributed by atoms with E-state index < -0.39 is 40.9 Å². The van der Waals surface area contributed by atoms with Crippen molar-refractivity contribution in [2.45, 2.75) is 13.5 Å². The second-order valence-corrected chi connectivity index (χ2v) is 5.55. The Morgan fingerprint density at radius 1 is 1.12 bits per heavy atom. The number of fused-ring (bicyclic) bond motifs is 1. The van der Waals surface area contributed by atoms with E-state index in [0.29, 0.717) is 0 Å². The van der Waals surface area contributed by atoms with Crippen molar-refractivity contribution in [3.8, 4) is 0 Å². The van der Waals surface area contributed by atoms with E-state index in [-0.39, 0.29) is 22.2 Å². The number of hydrogen-bond acceptors (Lipinski definition) is 2. The maximum absolute atomic E-state index is 14.1. The fraction of sp³-hybridized carbons (Fsp3) is 0.111. The molecule has 0 radical (unpaired) electrons. The summed E-state index contributed by atoms with van der Waals surface area (Å²) in [7, 11) is 0. The number of carboxylic acids is 1. The zero-order valence-electron chi connectivity index (χ0n) is 13.0. The smallest absolute Gasteiger partial charge is 0.338 e. The molecule has 0 aliphatic carbocycles. The van der Waals surface area contributed by atoms with Gasteiger partial charge < -0.3 is 9.67 Å². The van der Waals surface area contributed by atoms with Gasteiger partial charge in [-0.3, -0.25) is 4.79 Å². The lowest BCUT2D eigenvalue weighted by Crippen LogP contribution is -2.27. The summed E-state index contributed by atoms with van der Waals surface area (Å²) >= 11 is 0. The standard InChI is InChI=1S/C18H12F3NO3/c1-9-15(18(24)25)12-3-2-4-14(21)16(12)17(23)22(9)8-10-7-11(19)5-6-13(10)20/h2-7H,8H2,1H3,(H,24,25). The summed E-state index contributed by atoms with van der Waals surface area (Å²) in [5, 5.41) is 9.03. The molecule has 0 spiro atoms. The number of aromatic nitrogens is 1. The van der Waals surface area contributed by atoms with Gasteiger partial charge in [0, 0.05) is 16.6 Å². The van der Waals surface area contributed by atoms with E-state index in [4.69, 9.17) is 0 Å². The van der Waals surface area contributed by atoms with Crippen LogP contribution in [0.5, 0.6) is 0 Å². The van der Waals surface area contributed by atoms with Crippen molar-refractivity contribution in [2.24, 2.45) is 0 Å². The van der Waals surface area contributed by atoms with Crippen molar-refractivity contribution in [1.82, 2.24) is 4.57 Å². The molecule has 0 saturated carbocycles. The first-order chi connectivity index (χ1) is 11.8. The molecule has 3 rings (SSSR count). The number of nitrogens with zero attached hydrogens (tertiary/aromatic N) is 1. The van der Waals surface area contributed by atoms with Gasteiger partial charge in [0.1, 0.15) is 17.5 Å². The van der Waals surface area contributed by atoms with Crippen LogP contribution in [0.1, 0.15) is 21.6 Å². The normalized spacial score (nSPS) is 11.0. The average Bonchev–Trinajstić information content (AvgIpc) is 2.54. The summed E-state index contributed by atoms with van der Waals surface area (Å²) in [6, 6.07) is 6.43. The first-order valence-electron chi connectivity index (χ1n) is 7.30. The summed E-state index contributed by atoms with van der Waals surface area (Å²) in [5.41, 5.74) is -1.18. The van der Waals surface area contributed by atoms with Crippen molar-refractivity contribution in [2.75, 3.05) is 0 Å². The Morgan fingerprint density at radius 3 is 2.52 bits per heavy atom. The van der Waals surface area contributed by atoms with Crippen molar-refractivity contribution >= 4 is 16.7 Å². The van der Waals surface area contributed by atoms with Crippen LogP contribution < -0.4 is 5.56 Å². The van der Waals surface area contributed by atoms with Crippen LogP contribution in [0.2, 0.25) is 0 Å². The Balaban J connectivity index is 2.36. The average molecular weight is 347 g/mol. The molecule has 4 nitrogen and oxygen atoms in total. The molecule has 1 heterocycles. The van der Waals surface area contributed by atoms with Gasteiger partial charge in [-0.15, -0.1) is 0 Å². The molecule has 1 aromatic heterocycles. The van der Waals surface area contributed by atoms with Crippen molar-refractivity contribution in [3.63, 3.8) is 0 Å². The highest BCUT2D eigenvalue weighted by Crippen LogP contribution is 2.23. The molecule has 1 N–H and O–H groups in total. The number of aromatic carboxylic acids is 1. The Kier molecular flexibility index (Phi) is 4.08. The molecule has 0 unspecified atom stereocenters. The van der Waals surface area contributed by atoms with Gasteiger partial charge in [-0.1, -0.05) is 12.1 Å². The molecule has 0 atom stereocenters. The topological polar surface area (TPSA) is 59.3 Å². The highest BCUT2D eigenvalue weighted by Gasteiger charge is 2.21. The predicted molar refractivity (Wildman–Crippen MR) is 85.3 cm³/mol. The van der Waals surface area contributed by atoms with E-state index in [2.05, 4.69) is 0 Å². The maximum atomic E-state index is 14.1. The summed E-state index contributed by atoms with van der Waals surface area (Å²) in [5.74, 6) is -3.68. The zero-order chi connectivity index (χ0) is 18.3. The Labute approximate surface area is 139 Å². The van der Waals surface area contributed by atoms with E-state index in [9.17, 15) is 27.9 Å². The van der Waals surface area contributed by atoms with Gasteiger partial charge in [-0.05, 0) is 31.2 Å². The van der Waals surface area contributed by atoms with Gasteiger partial charge in [0.25, 0.3) is 5.56 Å². The maximum Gasteiger partial charge on any atom is 0.338 e. The van der Waals surface area contributed by atoms with E-state index in [1.165, 1.54) is 19.1 Å². The van der Waals surface area contributed by atoms with Crippen molar-refractivity contribution in [3.05, 3.63) is 81.0 Å². The molecule has 128 valence electrons. The van der Waals surface area contributed by atoms with Crippen LogP contribution in [0, 0.1) is 24.4 Å². The van der Waals surface area contributed by atoms with Crippen molar-refractivity contribution in [1.29, 1.82) is 0 Å². The highest BCUT2D eigenvalue weighted by atomic mass is 19.1. The fourth-order valence-electron chi connectivity index (χ4n) is 2.86. The minimum Gasteiger partial charge on any atom is -0.478 e. The molecule has 0 amide bonds.